The zero-order valence-electron chi connectivity index (χ0n) is 11.3. The smallest absolute Gasteiger partial charge is 0.306 e. The van der Waals surface area contributed by atoms with Crippen molar-refractivity contribution in [3.8, 4) is 5.75 Å². The molecule has 0 radical (unpaired) electrons. The highest BCUT2D eigenvalue weighted by molar-refractivity contribution is 6.03. The number of aromatic amines is 1. The van der Waals surface area contributed by atoms with Crippen molar-refractivity contribution >= 4 is 33.1 Å². The second-order valence-electron chi connectivity index (χ2n) is 4.89. The third-order valence-electron chi connectivity index (χ3n) is 3.77. The molecule has 0 bridgehead atoms. The molecule has 20 heavy (non-hydrogen) atoms. The number of nitrogens with one attached hydrogen (secondary N) is 1. The van der Waals surface area contributed by atoms with Crippen molar-refractivity contribution < 1.29 is 9.30 Å². The molecular weight excluding hydrogens is 250 g/mol. The number of hydrogen-bond donors (Lipinski definition) is 1. The number of methoxy groups -OCH3 is 1. The number of aromatic nitrogens is 3. The van der Waals surface area contributed by atoms with E-state index in [9.17, 15) is 0 Å². The van der Waals surface area contributed by atoms with Crippen LogP contribution in [0.2, 0.25) is 0 Å². The van der Waals surface area contributed by atoms with Gasteiger partial charge in [-0.3, -0.25) is 0 Å². The molecule has 0 spiro atoms. The van der Waals surface area contributed by atoms with E-state index in [0.717, 1.165) is 38.8 Å². The summed E-state index contributed by atoms with van der Waals surface area (Å²) in [6, 6.07) is 14.2. The molecule has 0 amide bonds. The second kappa shape index (κ2) is 3.93. The molecule has 2 aromatic carbocycles. The third-order valence-corrected chi connectivity index (χ3v) is 3.77. The highest BCUT2D eigenvalue weighted by Crippen LogP contribution is 2.24. The zero-order valence-corrected chi connectivity index (χ0v) is 11.3. The summed E-state index contributed by atoms with van der Waals surface area (Å²) in [4.78, 5) is 8.23. The molecule has 0 aliphatic carbocycles. The summed E-state index contributed by atoms with van der Waals surface area (Å²) in [5.41, 5.74) is 5.13. The Morgan fingerprint density at radius 1 is 1.15 bits per heavy atom. The number of para-hydroxylation sites is 1. The molecule has 1 N–H and O–H groups in total. The first-order valence-corrected chi connectivity index (χ1v) is 6.52. The average Bonchev–Trinajstić information content (AvgIpc) is 2.86. The average molecular weight is 264 g/mol. The van der Waals surface area contributed by atoms with Gasteiger partial charge in [0.2, 0.25) is 0 Å². The SMILES string of the molecule is COc1ccc2nc3c4ccccc4[nH]c3[n+](C)c2c1. The number of benzene rings is 2. The summed E-state index contributed by atoms with van der Waals surface area (Å²) in [6.07, 6.45) is 0. The van der Waals surface area contributed by atoms with E-state index in [2.05, 4.69) is 21.7 Å². The van der Waals surface area contributed by atoms with E-state index in [-0.39, 0.29) is 0 Å². The van der Waals surface area contributed by atoms with Gasteiger partial charge >= 0.3 is 5.65 Å². The van der Waals surface area contributed by atoms with Crippen molar-refractivity contribution in [1.82, 2.24) is 9.97 Å². The van der Waals surface area contributed by atoms with Crippen molar-refractivity contribution in [3.05, 3.63) is 42.5 Å². The summed E-state index contributed by atoms with van der Waals surface area (Å²) in [6.45, 7) is 0. The minimum absolute atomic E-state index is 0.838. The van der Waals surface area contributed by atoms with E-state index in [1.54, 1.807) is 7.11 Å². The van der Waals surface area contributed by atoms with Crippen LogP contribution in [-0.2, 0) is 7.05 Å². The van der Waals surface area contributed by atoms with Crippen LogP contribution in [0, 0.1) is 0 Å². The van der Waals surface area contributed by atoms with Crippen LogP contribution in [0.4, 0.5) is 0 Å². The van der Waals surface area contributed by atoms with Crippen LogP contribution in [0.15, 0.2) is 42.5 Å². The Morgan fingerprint density at radius 2 is 2.00 bits per heavy atom. The number of aryl methyl sites for hydroxylation is 1. The van der Waals surface area contributed by atoms with Crippen molar-refractivity contribution in [1.29, 1.82) is 0 Å². The molecule has 0 aliphatic heterocycles. The fourth-order valence-corrected chi connectivity index (χ4v) is 2.70. The van der Waals surface area contributed by atoms with Crippen LogP contribution in [0.1, 0.15) is 0 Å². The van der Waals surface area contributed by atoms with E-state index in [0.29, 0.717) is 0 Å². The monoisotopic (exact) mass is 264 g/mol. The van der Waals surface area contributed by atoms with Gasteiger partial charge in [-0.1, -0.05) is 12.1 Å². The first kappa shape index (κ1) is 11.2. The highest BCUT2D eigenvalue weighted by Gasteiger charge is 2.17. The number of H-pyrrole nitrogens is 1. The van der Waals surface area contributed by atoms with Gasteiger partial charge in [0.05, 0.1) is 19.5 Å². The molecule has 2 aromatic heterocycles. The molecule has 4 rings (SSSR count). The van der Waals surface area contributed by atoms with Gasteiger partial charge in [0.15, 0.2) is 11.0 Å². The van der Waals surface area contributed by atoms with Crippen LogP contribution in [0.5, 0.6) is 5.75 Å². The van der Waals surface area contributed by atoms with E-state index in [4.69, 9.17) is 9.72 Å². The molecular formula is C16H14N3O+. The predicted molar refractivity (Wildman–Crippen MR) is 78.8 cm³/mol. The first-order chi connectivity index (χ1) is 9.78. The van der Waals surface area contributed by atoms with Crippen molar-refractivity contribution in [3.63, 3.8) is 0 Å². The van der Waals surface area contributed by atoms with Gasteiger partial charge in [-0.25, -0.2) is 14.5 Å². The minimum Gasteiger partial charge on any atom is -0.497 e. The Morgan fingerprint density at radius 3 is 2.85 bits per heavy atom. The molecule has 4 nitrogen and oxygen atoms in total. The third kappa shape index (κ3) is 1.42. The lowest BCUT2D eigenvalue weighted by Gasteiger charge is -2.03. The number of ether oxygens (including phenoxy) is 1. The van der Waals surface area contributed by atoms with Crippen LogP contribution >= 0.6 is 0 Å². The van der Waals surface area contributed by atoms with Gasteiger partial charge in [0.1, 0.15) is 16.8 Å². The fraction of sp³-hybridized carbons (Fsp3) is 0.125. The quantitative estimate of drug-likeness (QED) is 0.537. The Balaban J connectivity index is 2.21. The van der Waals surface area contributed by atoms with Crippen molar-refractivity contribution in [2.75, 3.05) is 7.11 Å². The maximum absolute atomic E-state index is 5.30. The van der Waals surface area contributed by atoms with Crippen LogP contribution in [-0.4, -0.2) is 17.1 Å². The van der Waals surface area contributed by atoms with E-state index >= 15 is 0 Å². The molecule has 4 heteroatoms. The second-order valence-corrected chi connectivity index (χ2v) is 4.89. The number of rotatable bonds is 1. The van der Waals surface area contributed by atoms with Crippen molar-refractivity contribution in [2.45, 2.75) is 0 Å². The summed E-state index contributed by atoms with van der Waals surface area (Å²) in [5.74, 6) is 0.838. The molecule has 4 aromatic rings. The molecule has 0 aliphatic rings. The predicted octanol–water partition coefficient (Wildman–Crippen LogP) is 2.70. The van der Waals surface area contributed by atoms with Crippen LogP contribution < -0.4 is 9.30 Å². The lowest BCUT2D eigenvalue weighted by molar-refractivity contribution is -0.619. The van der Waals surface area contributed by atoms with Gasteiger partial charge in [0, 0.05) is 6.07 Å². The van der Waals surface area contributed by atoms with E-state index < -0.39 is 0 Å². The summed E-state index contributed by atoms with van der Waals surface area (Å²) in [5, 5.41) is 1.15. The fourth-order valence-electron chi connectivity index (χ4n) is 2.70. The molecule has 0 atom stereocenters. The Hall–Kier alpha value is -2.62. The minimum atomic E-state index is 0.838. The molecule has 0 unspecified atom stereocenters. The number of fused-ring (bicyclic) bond motifs is 4. The Kier molecular flexibility index (Phi) is 2.21. The molecule has 0 fully saturated rings. The summed E-state index contributed by atoms with van der Waals surface area (Å²) < 4.78 is 7.42. The van der Waals surface area contributed by atoms with Gasteiger partial charge in [-0.05, 0) is 24.3 Å². The lowest BCUT2D eigenvalue weighted by atomic mass is 10.2. The molecule has 0 saturated carbocycles. The zero-order chi connectivity index (χ0) is 13.7. The maximum atomic E-state index is 5.30. The Labute approximate surface area is 115 Å². The maximum Gasteiger partial charge on any atom is 0.306 e. The molecule has 0 saturated heterocycles. The topological polar surface area (TPSA) is 41.8 Å². The largest absolute Gasteiger partial charge is 0.497 e. The van der Waals surface area contributed by atoms with Crippen LogP contribution in [0.3, 0.4) is 0 Å². The molecule has 98 valence electrons. The van der Waals surface area contributed by atoms with Gasteiger partial charge in [0.25, 0.3) is 0 Å². The van der Waals surface area contributed by atoms with Gasteiger partial charge in [-0.15, -0.1) is 0 Å². The lowest BCUT2D eigenvalue weighted by Crippen LogP contribution is -2.30. The highest BCUT2D eigenvalue weighted by atomic mass is 16.5. The normalized spacial score (nSPS) is 11.5. The Bertz CT molecular complexity index is 956. The molecule has 2 heterocycles. The summed E-state index contributed by atoms with van der Waals surface area (Å²) in [7, 11) is 3.72. The van der Waals surface area contributed by atoms with E-state index in [1.807, 2.05) is 37.4 Å². The summed E-state index contributed by atoms with van der Waals surface area (Å²) >= 11 is 0. The van der Waals surface area contributed by atoms with E-state index in [1.165, 1.54) is 0 Å². The van der Waals surface area contributed by atoms with Gasteiger partial charge < -0.3 is 4.74 Å². The first-order valence-electron chi connectivity index (χ1n) is 6.52. The number of nitrogens with zero attached hydrogens (tertiary/aromatic N) is 2. The van der Waals surface area contributed by atoms with Gasteiger partial charge in [-0.2, -0.15) is 0 Å². The number of hydrogen-bond acceptors (Lipinski definition) is 2. The van der Waals surface area contributed by atoms with Crippen molar-refractivity contribution in [2.24, 2.45) is 7.05 Å². The van der Waals surface area contributed by atoms with Crippen LogP contribution in [0.25, 0.3) is 33.1 Å². The standard InChI is InChI=1S/C16H13N3O/c1-19-14-9-10(20-2)7-8-13(14)17-15-11-5-3-4-6-12(11)18-16(15)19/h3-9H,1-2H3/p+1.